The maximum Gasteiger partial charge on any atom is 0.330 e. The number of esters is 2. The topological polar surface area (TPSA) is 71.1 Å². The molecule has 0 spiro atoms. The fourth-order valence-electron chi connectivity index (χ4n) is 5.08. The summed E-state index contributed by atoms with van der Waals surface area (Å²) in [6, 6.07) is 16.3. The number of hydrogen-bond donors (Lipinski definition) is 0. The highest BCUT2D eigenvalue weighted by Crippen LogP contribution is 2.40. The number of carbonyl (C=O) groups is 2. The quantitative estimate of drug-likeness (QED) is 0.363. The van der Waals surface area contributed by atoms with Gasteiger partial charge >= 0.3 is 11.9 Å². The molecule has 38 heavy (non-hydrogen) atoms. The molecule has 6 heteroatoms. The maximum atomic E-state index is 11.8. The standard InChI is InChI=1S/C32H30O6/c1-4-35-28(33)14-8-21-6-11-25-23(17-21)10-13-27-30(25)31-26-12-7-22(9-15-29(34)36-5-2)18-24(26)16-20(3)32(31)38-19-37-27/h6-18,20,32H,4-5,19H2,1-3H3/b14-8+,15-9+. The fourth-order valence-corrected chi connectivity index (χ4v) is 5.08. The summed E-state index contributed by atoms with van der Waals surface area (Å²) in [6.07, 6.45) is 8.47. The van der Waals surface area contributed by atoms with Crippen molar-refractivity contribution in [3.8, 4) is 5.75 Å². The molecule has 3 aromatic rings. The van der Waals surface area contributed by atoms with Crippen LogP contribution in [0.4, 0.5) is 0 Å². The number of fused-ring (bicyclic) bond motifs is 6. The second-order valence-corrected chi connectivity index (χ2v) is 9.23. The zero-order valence-corrected chi connectivity index (χ0v) is 21.7. The van der Waals surface area contributed by atoms with Gasteiger partial charge in [-0.1, -0.05) is 43.3 Å². The summed E-state index contributed by atoms with van der Waals surface area (Å²) in [7, 11) is 0. The molecule has 1 heterocycles. The molecule has 1 aliphatic carbocycles. The van der Waals surface area contributed by atoms with Crippen molar-refractivity contribution in [1.29, 1.82) is 0 Å². The molecule has 1 aliphatic heterocycles. The Morgan fingerprint density at radius 3 is 2.32 bits per heavy atom. The van der Waals surface area contributed by atoms with E-state index in [1.165, 1.54) is 12.2 Å². The van der Waals surface area contributed by atoms with Gasteiger partial charge in [0.15, 0.2) is 6.79 Å². The lowest BCUT2D eigenvalue weighted by Gasteiger charge is -2.26. The first kappa shape index (κ1) is 25.5. The average Bonchev–Trinajstić information content (AvgIpc) is 3.11. The number of rotatable bonds is 6. The van der Waals surface area contributed by atoms with Crippen LogP contribution in [0, 0.1) is 5.92 Å². The Bertz CT molecular complexity index is 1580. The molecule has 3 aromatic carbocycles. The number of carbonyl (C=O) groups excluding carboxylic acids is 2. The van der Waals surface area contributed by atoms with Crippen molar-refractivity contribution in [3.05, 3.63) is 87.8 Å². The van der Waals surface area contributed by atoms with Gasteiger partial charge in [-0.25, -0.2) is 9.59 Å². The largest absolute Gasteiger partial charge is 0.467 e. The predicted octanol–water partition coefficient (Wildman–Crippen LogP) is 4.36. The van der Waals surface area contributed by atoms with Crippen molar-refractivity contribution < 1.29 is 28.5 Å². The first-order valence-corrected chi connectivity index (χ1v) is 12.9. The van der Waals surface area contributed by atoms with Crippen molar-refractivity contribution in [2.24, 2.45) is 5.92 Å². The van der Waals surface area contributed by atoms with E-state index in [2.05, 4.69) is 37.3 Å². The van der Waals surface area contributed by atoms with Crippen LogP contribution >= 0.6 is 0 Å². The molecule has 0 amide bonds. The van der Waals surface area contributed by atoms with Crippen molar-refractivity contribution in [2.75, 3.05) is 20.0 Å². The second kappa shape index (κ2) is 11.1. The van der Waals surface area contributed by atoms with E-state index in [1.54, 1.807) is 26.0 Å². The summed E-state index contributed by atoms with van der Waals surface area (Å²) in [5.41, 5.74) is 3.92. The fraction of sp³-hybridized carbons (Fsp3) is 0.250. The smallest absolute Gasteiger partial charge is 0.330 e. The van der Waals surface area contributed by atoms with Crippen LogP contribution < -0.4 is 15.2 Å². The third-order valence-corrected chi connectivity index (χ3v) is 6.70. The summed E-state index contributed by atoms with van der Waals surface area (Å²) < 4.78 is 22.3. The number of hydrogen-bond acceptors (Lipinski definition) is 6. The minimum Gasteiger partial charge on any atom is -0.467 e. The minimum absolute atomic E-state index is 0.110. The molecule has 6 nitrogen and oxygen atoms in total. The SMILES string of the molecule is CCOC(=O)/C=C/c1ccc2c(c1)=CC(C)C1OCOc3ccc4cc(/C=C/C(=O)OCC)ccc4c3C=21. The summed E-state index contributed by atoms with van der Waals surface area (Å²) in [4.78, 5) is 23.6. The molecule has 0 saturated carbocycles. The van der Waals surface area contributed by atoms with Gasteiger partial charge in [0, 0.05) is 29.2 Å². The maximum absolute atomic E-state index is 11.8. The van der Waals surface area contributed by atoms with E-state index in [0.29, 0.717) is 13.2 Å². The van der Waals surface area contributed by atoms with Gasteiger partial charge < -0.3 is 18.9 Å². The van der Waals surface area contributed by atoms with Gasteiger partial charge in [-0.2, -0.15) is 0 Å². The van der Waals surface area contributed by atoms with Gasteiger partial charge in [0.05, 0.1) is 19.3 Å². The van der Waals surface area contributed by atoms with Crippen LogP contribution in [-0.2, 0) is 23.8 Å². The second-order valence-electron chi connectivity index (χ2n) is 9.23. The van der Waals surface area contributed by atoms with E-state index in [0.717, 1.165) is 49.2 Å². The third kappa shape index (κ3) is 5.13. The zero-order chi connectivity index (χ0) is 26.6. The lowest BCUT2D eigenvalue weighted by molar-refractivity contribution is -0.138. The van der Waals surface area contributed by atoms with Gasteiger partial charge in [0.1, 0.15) is 5.75 Å². The monoisotopic (exact) mass is 510 g/mol. The van der Waals surface area contributed by atoms with Crippen LogP contribution in [0.1, 0.15) is 37.5 Å². The lowest BCUT2D eigenvalue weighted by Crippen LogP contribution is -2.40. The highest BCUT2D eigenvalue weighted by Gasteiger charge is 2.31. The molecule has 0 bridgehead atoms. The molecule has 0 fully saturated rings. The highest BCUT2D eigenvalue weighted by atomic mass is 16.7. The molecule has 194 valence electrons. The molecule has 5 rings (SSSR count). The molecule has 2 atom stereocenters. The lowest BCUT2D eigenvalue weighted by atomic mass is 9.83. The Labute approximate surface area is 221 Å². The van der Waals surface area contributed by atoms with Crippen molar-refractivity contribution in [3.63, 3.8) is 0 Å². The van der Waals surface area contributed by atoms with E-state index < -0.39 is 0 Å². The van der Waals surface area contributed by atoms with Crippen LogP contribution in [-0.4, -0.2) is 38.0 Å². The first-order chi connectivity index (χ1) is 18.5. The van der Waals surface area contributed by atoms with E-state index in [-0.39, 0.29) is 30.8 Å². The predicted molar refractivity (Wildman–Crippen MR) is 147 cm³/mol. The molecule has 2 aliphatic rings. The van der Waals surface area contributed by atoms with Crippen molar-refractivity contribution in [2.45, 2.75) is 26.9 Å². The van der Waals surface area contributed by atoms with Gasteiger partial charge in [-0.15, -0.1) is 0 Å². The Kier molecular flexibility index (Phi) is 7.43. The van der Waals surface area contributed by atoms with E-state index in [1.807, 2.05) is 24.3 Å². The molecule has 0 N–H and O–H groups in total. The van der Waals surface area contributed by atoms with Gasteiger partial charge in [-0.3, -0.25) is 0 Å². The minimum atomic E-state index is -0.362. The van der Waals surface area contributed by atoms with Crippen LogP contribution in [0.3, 0.4) is 0 Å². The number of ether oxygens (including phenoxy) is 4. The molecule has 0 saturated heterocycles. The summed E-state index contributed by atoms with van der Waals surface area (Å²) >= 11 is 0. The van der Waals surface area contributed by atoms with Crippen LogP contribution in [0.2, 0.25) is 0 Å². The van der Waals surface area contributed by atoms with Gasteiger partial charge in [-0.05, 0) is 76.5 Å². The van der Waals surface area contributed by atoms with Crippen molar-refractivity contribution >= 4 is 46.5 Å². The Morgan fingerprint density at radius 1 is 0.921 bits per heavy atom. The summed E-state index contributed by atoms with van der Waals surface area (Å²) in [5, 5.41) is 4.24. The highest BCUT2D eigenvalue weighted by molar-refractivity contribution is 5.99. The molecule has 0 aromatic heterocycles. The summed E-state index contributed by atoms with van der Waals surface area (Å²) in [5.74, 6) is 0.164. The Morgan fingerprint density at radius 2 is 1.61 bits per heavy atom. The first-order valence-electron chi connectivity index (χ1n) is 12.9. The summed E-state index contributed by atoms with van der Waals surface area (Å²) in [6.45, 7) is 6.57. The van der Waals surface area contributed by atoms with E-state index >= 15 is 0 Å². The molecular weight excluding hydrogens is 480 g/mol. The Hall–Kier alpha value is -4.16. The van der Waals surface area contributed by atoms with Crippen LogP contribution in [0.5, 0.6) is 5.75 Å². The normalized spacial score (nSPS) is 18.2. The van der Waals surface area contributed by atoms with E-state index in [9.17, 15) is 9.59 Å². The van der Waals surface area contributed by atoms with E-state index in [4.69, 9.17) is 18.9 Å². The average molecular weight is 511 g/mol. The zero-order valence-electron chi connectivity index (χ0n) is 21.7. The molecule has 2 unspecified atom stereocenters. The van der Waals surface area contributed by atoms with Crippen LogP contribution in [0.15, 0.2) is 60.7 Å². The molecular formula is C32H30O6. The van der Waals surface area contributed by atoms with Crippen molar-refractivity contribution in [1.82, 2.24) is 0 Å². The van der Waals surface area contributed by atoms with Crippen LogP contribution in [0.25, 0.3) is 34.6 Å². The number of benzene rings is 3. The van der Waals surface area contributed by atoms with Gasteiger partial charge in [0.25, 0.3) is 0 Å². The molecule has 0 radical (unpaired) electrons. The van der Waals surface area contributed by atoms with Gasteiger partial charge in [0.2, 0.25) is 0 Å². The Balaban J connectivity index is 1.65. The third-order valence-electron chi connectivity index (χ3n) is 6.70.